The molecule has 0 saturated carbocycles. The second-order valence-electron chi connectivity index (χ2n) is 8.22. The zero-order chi connectivity index (χ0) is 19.2. The minimum absolute atomic E-state index is 0.133. The summed E-state index contributed by atoms with van der Waals surface area (Å²) in [7, 11) is 2.16. The summed E-state index contributed by atoms with van der Waals surface area (Å²) in [6.45, 7) is 9.12. The predicted molar refractivity (Wildman–Crippen MR) is 112 cm³/mol. The summed E-state index contributed by atoms with van der Waals surface area (Å²) >= 11 is 0. The van der Waals surface area contributed by atoms with Gasteiger partial charge in [-0.15, -0.1) is 0 Å². The van der Waals surface area contributed by atoms with Crippen molar-refractivity contribution in [1.29, 1.82) is 0 Å². The Bertz CT molecular complexity index is 967. The van der Waals surface area contributed by atoms with E-state index in [2.05, 4.69) is 58.9 Å². The first-order valence-electron chi connectivity index (χ1n) is 9.62. The molecule has 144 valence electrons. The Morgan fingerprint density at radius 1 is 1.15 bits per heavy atom. The number of rotatable bonds is 4. The first-order valence-corrected chi connectivity index (χ1v) is 9.62. The van der Waals surface area contributed by atoms with Gasteiger partial charge in [0.15, 0.2) is 0 Å². The fraction of sp³-hybridized carbons (Fsp3) is 0.500. The van der Waals surface area contributed by atoms with E-state index in [0.717, 1.165) is 60.4 Å². The van der Waals surface area contributed by atoms with Crippen LogP contribution in [0.5, 0.6) is 0 Å². The molecule has 1 aromatic carbocycles. The second-order valence-corrected chi connectivity index (χ2v) is 8.22. The monoisotopic (exact) mass is 367 g/mol. The third-order valence-corrected chi connectivity index (χ3v) is 5.72. The molecule has 1 fully saturated rings. The van der Waals surface area contributed by atoms with E-state index >= 15 is 0 Å². The van der Waals surface area contributed by atoms with Gasteiger partial charge in [-0.05, 0) is 38.2 Å². The number of nitrogens with two attached hydrogens (primary N) is 2. The molecule has 7 nitrogen and oxygen atoms in total. The van der Waals surface area contributed by atoms with Crippen LogP contribution in [0.4, 0.5) is 11.5 Å². The van der Waals surface area contributed by atoms with Crippen molar-refractivity contribution in [3.05, 3.63) is 24.0 Å². The Kier molecular flexibility index (Phi) is 4.44. The number of nitrogen functional groups attached to an aromatic ring is 1. The number of nitrogens with one attached hydrogen (secondary N) is 1. The number of imidazole rings is 1. The van der Waals surface area contributed by atoms with Gasteiger partial charge in [-0.2, -0.15) is 0 Å². The zero-order valence-electron chi connectivity index (χ0n) is 16.4. The zero-order valence-corrected chi connectivity index (χ0v) is 16.4. The Morgan fingerprint density at radius 2 is 1.89 bits per heavy atom. The van der Waals surface area contributed by atoms with Gasteiger partial charge in [-0.3, -0.25) is 0 Å². The van der Waals surface area contributed by atoms with Crippen LogP contribution in [0.1, 0.15) is 26.1 Å². The Morgan fingerprint density at radius 3 is 2.59 bits per heavy atom. The molecule has 0 spiro atoms. The molecule has 2 aromatic heterocycles. The van der Waals surface area contributed by atoms with E-state index < -0.39 is 0 Å². The van der Waals surface area contributed by atoms with Gasteiger partial charge in [-0.1, -0.05) is 13.8 Å². The second kappa shape index (κ2) is 6.65. The van der Waals surface area contributed by atoms with Crippen molar-refractivity contribution in [3.63, 3.8) is 0 Å². The maximum absolute atomic E-state index is 6.27. The maximum Gasteiger partial charge on any atom is 0.150 e. The lowest BCUT2D eigenvalue weighted by Crippen LogP contribution is -2.44. The summed E-state index contributed by atoms with van der Waals surface area (Å²) in [5, 5.41) is 1.03. The molecule has 27 heavy (non-hydrogen) atoms. The number of nitrogens with zero attached hydrogens (tertiary/aromatic N) is 4. The predicted octanol–water partition coefficient (Wildman–Crippen LogP) is 2.07. The number of aromatic nitrogens is 3. The summed E-state index contributed by atoms with van der Waals surface area (Å²) in [4.78, 5) is 17.7. The largest absolute Gasteiger partial charge is 0.382 e. The van der Waals surface area contributed by atoms with Gasteiger partial charge in [0.05, 0.1) is 5.52 Å². The maximum atomic E-state index is 6.27. The summed E-state index contributed by atoms with van der Waals surface area (Å²) in [6.07, 6.45) is 0.853. The molecule has 0 unspecified atom stereocenters. The van der Waals surface area contributed by atoms with Gasteiger partial charge in [0.2, 0.25) is 0 Å². The van der Waals surface area contributed by atoms with Crippen LogP contribution >= 0.6 is 0 Å². The third-order valence-electron chi connectivity index (χ3n) is 5.72. The molecular weight excluding hydrogens is 338 g/mol. The van der Waals surface area contributed by atoms with E-state index in [4.69, 9.17) is 16.5 Å². The lowest BCUT2D eigenvalue weighted by atomic mass is 9.88. The summed E-state index contributed by atoms with van der Waals surface area (Å²) < 4.78 is 0. The standard InChI is InChI=1S/C20H29N7/c1-20(2,6-7-21)19-24-16-14-5-4-13(27-10-8-26(3)9-11-27)12-15(14)23-18(22)17(16)25-19/h4-5,12H,6-11,21H2,1-3H3,(H2,22,23)(H,24,25). The van der Waals surface area contributed by atoms with Crippen LogP contribution in [0.3, 0.4) is 0 Å². The lowest BCUT2D eigenvalue weighted by Gasteiger charge is -2.34. The molecule has 1 aliphatic heterocycles. The van der Waals surface area contributed by atoms with Gasteiger partial charge in [0.1, 0.15) is 22.7 Å². The molecule has 3 heterocycles. The van der Waals surface area contributed by atoms with Crippen LogP contribution in [0.25, 0.3) is 21.9 Å². The molecule has 0 atom stereocenters. The average Bonchev–Trinajstić information content (AvgIpc) is 3.09. The van der Waals surface area contributed by atoms with Crippen LogP contribution in [0.2, 0.25) is 0 Å². The minimum atomic E-state index is -0.133. The molecular formula is C20H29N7. The van der Waals surface area contributed by atoms with Crippen LogP contribution < -0.4 is 16.4 Å². The molecule has 5 N–H and O–H groups in total. The molecule has 1 aliphatic rings. The van der Waals surface area contributed by atoms with E-state index in [1.165, 1.54) is 5.69 Å². The summed E-state index contributed by atoms with van der Waals surface area (Å²) in [5.74, 6) is 1.41. The molecule has 3 aromatic rings. The van der Waals surface area contributed by atoms with Crippen molar-refractivity contribution in [2.24, 2.45) is 5.73 Å². The molecule has 4 rings (SSSR count). The number of fused-ring (bicyclic) bond motifs is 3. The number of H-pyrrole nitrogens is 1. The molecule has 1 saturated heterocycles. The van der Waals surface area contributed by atoms with Gasteiger partial charge in [0, 0.05) is 42.7 Å². The number of hydrogen-bond acceptors (Lipinski definition) is 6. The van der Waals surface area contributed by atoms with E-state index in [1.54, 1.807) is 0 Å². The number of anilines is 2. The highest BCUT2D eigenvalue weighted by Gasteiger charge is 2.25. The molecule has 0 bridgehead atoms. The quantitative estimate of drug-likeness (QED) is 0.653. The van der Waals surface area contributed by atoms with Crippen molar-refractivity contribution in [3.8, 4) is 0 Å². The third kappa shape index (κ3) is 3.21. The molecule has 0 aliphatic carbocycles. The average molecular weight is 368 g/mol. The van der Waals surface area contributed by atoms with Gasteiger partial charge < -0.3 is 26.3 Å². The normalized spacial score (nSPS) is 16.5. The van der Waals surface area contributed by atoms with Crippen LogP contribution in [0, 0.1) is 0 Å². The number of piperazine rings is 1. The van der Waals surface area contributed by atoms with Crippen molar-refractivity contribution >= 4 is 33.4 Å². The van der Waals surface area contributed by atoms with Crippen LogP contribution in [-0.4, -0.2) is 59.6 Å². The smallest absolute Gasteiger partial charge is 0.150 e. The number of hydrogen-bond donors (Lipinski definition) is 3. The van der Waals surface area contributed by atoms with Crippen LogP contribution in [0.15, 0.2) is 18.2 Å². The first kappa shape index (κ1) is 18.0. The lowest BCUT2D eigenvalue weighted by molar-refractivity contribution is 0.313. The fourth-order valence-corrected chi connectivity index (χ4v) is 3.81. The number of pyridine rings is 1. The summed E-state index contributed by atoms with van der Waals surface area (Å²) in [5.41, 5.74) is 15.7. The van der Waals surface area contributed by atoms with E-state index in [1.807, 2.05) is 0 Å². The molecule has 0 amide bonds. The Labute approximate surface area is 159 Å². The van der Waals surface area contributed by atoms with Crippen molar-refractivity contribution in [2.45, 2.75) is 25.7 Å². The summed E-state index contributed by atoms with van der Waals surface area (Å²) in [6, 6.07) is 6.43. The van der Waals surface area contributed by atoms with Gasteiger partial charge in [-0.25, -0.2) is 9.97 Å². The first-order chi connectivity index (χ1) is 12.9. The highest BCUT2D eigenvalue weighted by Crippen LogP contribution is 2.33. The molecule has 0 radical (unpaired) electrons. The van der Waals surface area contributed by atoms with Gasteiger partial charge in [0.25, 0.3) is 0 Å². The van der Waals surface area contributed by atoms with Crippen LogP contribution in [-0.2, 0) is 5.41 Å². The van der Waals surface area contributed by atoms with E-state index in [0.29, 0.717) is 12.4 Å². The number of benzene rings is 1. The fourth-order valence-electron chi connectivity index (χ4n) is 3.81. The Hall–Kier alpha value is -2.38. The topological polar surface area (TPSA) is 100 Å². The molecule has 7 heteroatoms. The van der Waals surface area contributed by atoms with E-state index in [-0.39, 0.29) is 5.41 Å². The van der Waals surface area contributed by atoms with E-state index in [9.17, 15) is 0 Å². The Balaban J connectivity index is 1.78. The van der Waals surface area contributed by atoms with Gasteiger partial charge >= 0.3 is 0 Å². The van der Waals surface area contributed by atoms with Crippen molar-refractivity contribution in [2.75, 3.05) is 50.4 Å². The highest BCUT2D eigenvalue weighted by atomic mass is 15.2. The van der Waals surface area contributed by atoms with Crippen molar-refractivity contribution < 1.29 is 0 Å². The minimum Gasteiger partial charge on any atom is -0.382 e. The van der Waals surface area contributed by atoms with Crippen molar-refractivity contribution in [1.82, 2.24) is 19.9 Å². The number of likely N-dealkylation sites (N-methyl/N-ethyl adjacent to an activating group) is 1. The number of aromatic amines is 1. The highest BCUT2D eigenvalue weighted by molar-refractivity contribution is 6.06. The SMILES string of the molecule is CN1CCN(c2ccc3c(c2)nc(N)c2[nH]c(C(C)(C)CCN)nc23)CC1.